The Labute approximate surface area is 207 Å². The van der Waals surface area contributed by atoms with Gasteiger partial charge in [0.2, 0.25) is 11.8 Å². The van der Waals surface area contributed by atoms with E-state index in [0.29, 0.717) is 6.42 Å². The molecule has 0 radical (unpaired) electrons. The van der Waals surface area contributed by atoms with E-state index in [1.165, 1.54) is 17.0 Å². The van der Waals surface area contributed by atoms with E-state index in [4.69, 9.17) is 0 Å². The number of hydrogen-bond donors (Lipinski definition) is 1. The standard InChI is InChI=1S/C26H33N3O5S/c1-5-19(4)27-25(31)22(6-2)28(17-20-13-11-18(3)12-14-20)24(30)15-16-29-26(32)21-9-7-8-10-23(21)35(29,33)34/h7-14,19,22H,5-6,15-17H2,1-4H3,(H,27,31)/t19-,22-/m1/s1. The van der Waals surface area contributed by atoms with Gasteiger partial charge < -0.3 is 10.2 Å². The molecule has 0 saturated carbocycles. The molecule has 1 heterocycles. The van der Waals surface area contributed by atoms with Gasteiger partial charge in [-0.3, -0.25) is 14.4 Å². The van der Waals surface area contributed by atoms with E-state index < -0.39 is 27.9 Å². The molecule has 8 nitrogen and oxygen atoms in total. The zero-order valence-electron chi connectivity index (χ0n) is 20.7. The quantitative estimate of drug-likeness (QED) is 0.540. The molecule has 3 rings (SSSR count). The summed E-state index contributed by atoms with van der Waals surface area (Å²) in [7, 11) is -4.01. The summed E-state index contributed by atoms with van der Waals surface area (Å²) < 4.78 is 26.5. The van der Waals surface area contributed by atoms with Crippen molar-refractivity contribution in [3.63, 3.8) is 0 Å². The molecular formula is C26H33N3O5S. The van der Waals surface area contributed by atoms with E-state index >= 15 is 0 Å². The number of benzene rings is 2. The summed E-state index contributed by atoms with van der Waals surface area (Å²) in [5.41, 5.74) is 2.04. The normalized spacial score (nSPS) is 15.9. The fourth-order valence-electron chi connectivity index (χ4n) is 4.04. The van der Waals surface area contributed by atoms with Crippen molar-refractivity contribution in [1.82, 2.24) is 14.5 Å². The number of carbonyl (C=O) groups excluding carboxylic acids is 3. The lowest BCUT2D eigenvalue weighted by atomic mass is 10.1. The molecule has 0 spiro atoms. The molecule has 2 aromatic rings. The summed E-state index contributed by atoms with van der Waals surface area (Å²) in [6.07, 6.45) is 0.924. The fourth-order valence-corrected chi connectivity index (χ4v) is 5.61. The minimum atomic E-state index is -4.01. The number of carbonyl (C=O) groups is 3. The molecule has 0 saturated heterocycles. The van der Waals surface area contributed by atoms with Gasteiger partial charge in [-0.05, 0) is 44.4 Å². The Morgan fingerprint density at radius 2 is 1.69 bits per heavy atom. The summed E-state index contributed by atoms with van der Waals surface area (Å²) in [4.78, 5) is 40.6. The zero-order valence-corrected chi connectivity index (χ0v) is 21.5. The molecule has 35 heavy (non-hydrogen) atoms. The van der Waals surface area contributed by atoms with Crippen LogP contribution in [0.4, 0.5) is 0 Å². The number of hydrogen-bond acceptors (Lipinski definition) is 5. The monoisotopic (exact) mass is 499 g/mol. The van der Waals surface area contributed by atoms with Gasteiger partial charge in [-0.25, -0.2) is 12.7 Å². The van der Waals surface area contributed by atoms with Gasteiger partial charge in [-0.2, -0.15) is 0 Å². The second kappa shape index (κ2) is 11.0. The van der Waals surface area contributed by atoms with E-state index in [2.05, 4.69) is 5.32 Å². The van der Waals surface area contributed by atoms with Crippen molar-refractivity contribution >= 4 is 27.7 Å². The minimum Gasteiger partial charge on any atom is -0.352 e. The van der Waals surface area contributed by atoms with Crippen molar-refractivity contribution in [2.45, 2.75) is 70.5 Å². The van der Waals surface area contributed by atoms with Crippen LogP contribution in [0.3, 0.4) is 0 Å². The van der Waals surface area contributed by atoms with Crippen LogP contribution in [-0.2, 0) is 26.2 Å². The molecule has 0 aliphatic carbocycles. The van der Waals surface area contributed by atoms with Gasteiger partial charge in [0.1, 0.15) is 10.9 Å². The number of nitrogens with one attached hydrogen (secondary N) is 1. The molecule has 0 bridgehead atoms. The van der Waals surface area contributed by atoms with Crippen molar-refractivity contribution in [1.29, 1.82) is 0 Å². The molecule has 1 aliphatic rings. The van der Waals surface area contributed by atoms with Crippen molar-refractivity contribution in [2.24, 2.45) is 0 Å². The predicted molar refractivity (Wildman–Crippen MR) is 133 cm³/mol. The first-order valence-electron chi connectivity index (χ1n) is 11.9. The van der Waals surface area contributed by atoms with Crippen LogP contribution in [0.2, 0.25) is 0 Å². The van der Waals surface area contributed by atoms with Crippen LogP contribution in [-0.4, -0.2) is 54.0 Å². The molecule has 9 heteroatoms. The molecule has 0 fully saturated rings. The predicted octanol–water partition coefficient (Wildman–Crippen LogP) is 3.25. The van der Waals surface area contributed by atoms with Gasteiger partial charge in [0.25, 0.3) is 15.9 Å². The average molecular weight is 500 g/mol. The lowest BCUT2D eigenvalue weighted by Gasteiger charge is -2.32. The molecule has 2 aromatic carbocycles. The number of amides is 3. The van der Waals surface area contributed by atoms with Crippen molar-refractivity contribution in [2.75, 3.05) is 6.54 Å². The largest absolute Gasteiger partial charge is 0.352 e. The highest BCUT2D eigenvalue weighted by molar-refractivity contribution is 7.90. The number of nitrogens with zero attached hydrogens (tertiary/aromatic N) is 2. The van der Waals surface area contributed by atoms with E-state index in [0.717, 1.165) is 21.9 Å². The Balaban J connectivity index is 1.82. The molecule has 1 aliphatic heterocycles. The van der Waals surface area contributed by atoms with Gasteiger partial charge in [-0.15, -0.1) is 0 Å². The molecule has 1 N–H and O–H groups in total. The van der Waals surface area contributed by atoms with E-state index in [1.807, 2.05) is 52.0 Å². The SMILES string of the molecule is CC[C@@H](C)NC(=O)[C@@H](CC)N(Cc1ccc(C)cc1)C(=O)CCN1C(=O)c2ccccc2S1(=O)=O. The summed E-state index contributed by atoms with van der Waals surface area (Å²) in [6, 6.07) is 12.9. The highest BCUT2D eigenvalue weighted by atomic mass is 32.2. The van der Waals surface area contributed by atoms with E-state index in [9.17, 15) is 22.8 Å². The molecule has 188 valence electrons. The fraction of sp³-hybridized carbons (Fsp3) is 0.423. The van der Waals surface area contributed by atoms with Gasteiger partial charge in [0.05, 0.1) is 5.56 Å². The summed E-state index contributed by atoms with van der Waals surface area (Å²) in [5.74, 6) is -1.28. The Morgan fingerprint density at radius 1 is 1.03 bits per heavy atom. The summed E-state index contributed by atoms with van der Waals surface area (Å²) in [6.45, 7) is 7.58. The Kier molecular flexibility index (Phi) is 8.32. The highest BCUT2D eigenvalue weighted by Crippen LogP contribution is 2.30. The van der Waals surface area contributed by atoms with Crippen LogP contribution in [0.15, 0.2) is 53.4 Å². The maximum absolute atomic E-state index is 13.4. The first-order chi connectivity index (χ1) is 16.6. The molecular weight excluding hydrogens is 466 g/mol. The first-order valence-corrected chi connectivity index (χ1v) is 13.4. The molecule has 2 atom stereocenters. The number of sulfonamides is 1. The second-order valence-corrected chi connectivity index (χ2v) is 10.7. The summed E-state index contributed by atoms with van der Waals surface area (Å²) >= 11 is 0. The van der Waals surface area contributed by atoms with E-state index in [1.54, 1.807) is 12.1 Å². The second-order valence-electron chi connectivity index (χ2n) is 8.88. The van der Waals surface area contributed by atoms with Crippen molar-refractivity contribution in [3.05, 3.63) is 65.2 Å². The highest BCUT2D eigenvalue weighted by Gasteiger charge is 2.41. The number of fused-ring (bicyclic) bond motifs is 1. The van der Waals surface area contributed by atoms with Gasteiger partial charge in [0, 0.05) is 25.6 Å². The zero-order chi connectivity index (χ0) is 25.8. The van der Waals surface area contributed by atoms with Gasteiger partial charge in [-0.1, -0.05) is 55.8 Å². The molecule has 0 aromatic heterocycles. The maximum atomic E-state index is 13.4. The summed E-state index contributed by atoms with van der Waals surface area (Å²) in [5, 5.41) is 2.95. The number of rotatable bonds is 10. The Morgan fingerprint density at radius 3 is 2.29 bits per heavy atom. The molecule has 3 amide bonds. The average Bonchev–Trinajstić information content (AvgIpc) is 3.03. The van der Waals surface area contributed by atoms with Crippen LogP contribution in [0, 0.1) is 6.92 Å². The van der Waals surface area contributed by atoms with Crippen LogP contribution in [0.5, 0.6) is 0 Å². The van der Waals surface area contributed by atoms with Crippen molar-refractivity contribution < 1.29 is 22.8 Å². The third-order valence-corrected chi connectivity index (χ3v) is 8.14. The van der Waals surface area contributed by atoms with Crippen LogP contribution in [0.1, 0.15) is 61.5 Å². The molecule has 0 unspecified atom stereocenters. The van der Waals surface area contributed by atoms with Crippen LogP contribution >= 0.6 is 0 Å². The van der Waals surface area contributed by atoms with Gasteiger partial charge >= 0.3 is 0 Å². The van der Waals surface area contributed by atoms with E-state index in [-0.39, 0.29) is 41.9 Å². The Hall–Kier alpha value is -3.20. The first kappa shape index (κ1) is 26.4. The van der Waals surface area contributed by atoms with Crippen molar-refractivity contribution in [3.8, 4) is 0 Å². The third-order valence-electron chi connectivity index (χ3n) is 6.30. The smallest absolute Gasteiger partial charge is 0.269 e. The maximum Gasteiger partial charge on any atom is 0.269 e. The topological polar surface area (TPSA) is 104 Å². The number of aryl methyl sites for hydroxylation is 1. The third kappa shape index (κ3) is 5.73. The lowest BCUT2D eigenvalue weighted by molar-refractivity contribution is -0.141. The van der Waals surface area contributed by atoms with Crippen LogP contribution < -0.4 is 5.32 Å². The lowest BCUT2D eigenvalue weighted by Crippen LogP contribution is -2.51. The Bertz CT molecular complexity index is 1190. The van der Waals surface area contributed by atoms with Crippen LogP contribution in [0.25, 0.3) is 0 Å². The van der Waals surface area contributed by atoms with Gasteiger partial charge in [0.15, 0.2) is 0 Å². The minimum absolute atomic E-state index is 0.0428.